The van der Waals surface area contributed by atoms with Gasteiger partial charge in [-0.15, -0.1) is 0 Å². The van der Waals surface area contributed by atoms with Crippen molar-refractivity contribution in [2.45, 2.75) is 59.6 Å². The SMILES string of the molecule is CC(C)(C)c1cccc2c1C=C(c1ccc(-c3ccccc3)o1)[CH]2[Zr+2][CH]1C(c2ccc(-c3ccccc3)o2)=Cc2c1cccc2C(C)(C)C.[Cl-].[Cl-]. The van der Waals surface area contributed by atoms with E-state index >= 15 is 0 Å². The van der Waals surface area contributed by atoms with E-state index in [-0.39, 0.29) is 35.6 Å². The first-order valence-corrected chi connectivity index (χ1v) is 20.2. The molecule has 8 rings (SSSR count). The van der Waals surface area contributed by atoms with Crippen LogP contribution in [-0.2, 0) is 34.1 Å². The van der Waals surface area contributed by atoms with Crippen molar-refractivity contribution in [1.82, 2.24) is 0 Å². The summed E-state index contributed by atoms with van der Waals surface area (Å²) < 4.78 is 14.1. The van der Waals surface area contributed by atoms with Crippen LogP contribution in [0.25, 0.3) is 45.9 Å². The fourth-order valence-corrected chi connectivity index (χ4v) is 12.5. The van der Waals surface area contributed by atoms with Crippen molar-refractivity contribution in [3.63, 3.8) is 0 Å². The Balaban J connectivity index is 0.00000224. The van der Waals surface area contributed by atoms with Gasteiger partial charge in [0.15, 0.2) is 0 Å². The van der Waals surface area contributed by atoms with Crippen molar-refractivity contribution in [3.8, 4) is 22.6 Å². The molecule has 0 bridgehead atoms. The molecule has 2 aliphatic carbocycles. The second kappa shape index (κ2) is 14.4. The molecule has 0 saturated heterocycles. The Bertz CT molecular complexity index is 2070. The number of hydrogen-bond acceptors (Lipinski definition) is 2. The number of benzene rings is 4. The molecule has 2 aliphatic rings. The first-order valence-electron chi connectivity index (χ1n) is 17.3. The van der Waals surface area contributed by atoms with Crippen LogP contribution in [0.5, 0.6) is 0 Å². The number of hydrogen-bond donors (Lipinski definition) is 0. The molecule has 2 heterocycles. The van der Waals surface area contributed by atoms with E-state index in [1.165, 1.54) is 44.5 Å². The van der Waals surface area contributed by atoms with E-state index in [1.54, 1.807) is 0 Å². The molecule has 6 aromatic rings. The van der Waals surface area contributed by atoms with Crippen molar-refractivity contribution in [3.05, 3.63) is 166 Å². The quantitative estimate of drug-likeness (QED) is 0.186. The molecule has 0 amide bonds. The summed E-state index contributed by atoms with van der Waals surface area (Å²) in [6.45, 7) is 14.0. The molecule has 2 aromatic heterocycles. The molecule has 51 heavy (non-hydrogen) atoms. The summed E-state index contributed by atoms with van der Waals surface area (Å²) in [5.41, 5.74) is 13.4. The van der Waals surface area contributed by atoms with Gasteiger partial charge in [-0.05, 0) is 0 Å². The predicted molar refractivity (Wildman–Crippen MR) is 200 cm³/mol. The number of rotatable bonds is 6. The third-order valence-electron chi connectivity index (χ3n) is 9.97. The van der Waals surface area contributed by atoms with Gasteiger partial charge in [-0.1, -0.05) is 0 Å². The van der Waals surface area contributed by atoms with Crippen LogP contribution in [0, 0.1) is 0 Å². The fraction of sp³-hybridized carbons (Fsp3) is 0.217. The minimum absolute atomic E-state index is 0. The Hall–Kier alpha value is -3.62. The van der Waals surface area contributed by atoms with Crippen molar-refractivity contribution < 1.29 is 56.9 Å². The van der Waals surface area contributed by atoms with Gasteiger partial charge in [-0.3, -0.25) is 0 Å². The van der Waals surface area contributed by atoms with Crippen LogP contribution < -0.4 is 24.8 Å². The topological polar surface area (TPSA) is 26.3 Å². The standard InChI is InChI=1S/2C23H21O.2ClH.Zr/c2*1-23(2,3)20-11-7-10-17-14-18(15-19(17)20)22-13-12-21(24-22)16-8-5-4-6-9-16;;;/h2*4-15H,1-3H3;2*1H;/q;;;;+2/p-2. The molecule has 4 aromatic carbocycles. The normalized spacial score (nSPS) is 16.3. The van der Waals surface area contributed by atoms with Crippen LogP contribution in [0.1, 0.15) is 93.7 Å². The number of furan rings is 2. The molecule has 5 heteroatoms. The van der Waals surface area contributed by atoms with Crippen molar-refractivity contribution in [2.75, 3.05) is 0 Å². The molecular weight excluding hydrogens is 747 g/mol. The van der Waals surface area contributed by atoms with E-state index in [0.29, 0.717) is 7.25 Å². The van der Waals surface area contributed by atoms with Crippen molar-refractivity contribution in [2.24, 2.45) is 0 Å². The minimum Gasteiger partial charge on any atom is -1.00 e. The third kappa shape index (κ3) is 6.98. The summed E-state index contributed by atoms with van der Waals surface area (Å²) in [4.78, 5) is 0. The second-order valence-corrected chi connectivity index (χ2v) is 19.1. The van der Waals surface area contributed by atoms with Crippen LogP contribution in [0.4, 0.5) is 0 Å². The van der Waals surface area contributed by atoms with Crippen LogP contribution in [0.3, 0.4) is 0 Å². The molecule has 0 radical (unpaired) electrons. The predicted octanol–water partition coefficient (Wildman–Crippen LogP) is 6.78. The zero-order valence-corrected chi connectivity index (χ0v) is 33.9. The molecule has 0 N–H and O–H groups in total. The van der Waals surface area contributed by atoms with E-state index in [9.17, 15) is 0 Å². The maximum atomic E-state index is 6.73. The van der Waals surface area contributed by atoms with Crippen molar-refractivity contribution in [1.29, 1.82) is 0 Å². The zero-order valence-electron chi connectivity index (χ0n) is 29.9. The van der Waals surface area contributed by atoms with Gasteiger partial charge in [0.1, 0.15) is 0 Å². The van der Waals surface area contributed by atoms with Gasteiger partial charge in [0, 0.05) is 0 Å². The molecule has 2 nitrogen and oxygen atoms in total. The van der Waals surface area contributed by atoms with Crippen LogP contribution in [0.15, 0.2) is 130 Å². The monoisotopic (exact) mass is 786 g/mol. The average molecular weight is 789 g/mol. The number of allylic oxidation sites excluding steroid dienone is 2. The largest absolute Gasteiger partial charge is 1.00 e. The number of halogens is 2. The first-order chi connectivity index (χ1) is 23.6. The number of fused-ring (bicyclic) bond motifs is 2. The van der Waals surface area contributed by atoms with Gasteiger partial charge in [0.25, 0.3) is 0 Å². The molecule has 0 spiro atoms. The van der Waals surface area contributed by atoms with Gasteiger partial charge < -0.3 is 24.8 Å². The molecule has 0 fully saturated rings. The van der Waals surface area contributed by atoms with E-state index in [4.69, 9.17) is 8.83 Å². The molecule has 256 valence electrons. The Kier molecular flexibility index (Phi) is 10.5. The van der Waals surface area contributed by atoms with Crippen LogP contribution in [0.2, 0.25) is 0 Å². The average Bonchev–Trinajstić information content (AvgIpc) is 3.90. The van der Waals surface area contributed by atoms with E-state index in [2.05, 4.69) is 175 Å². The van der Waals surface area contributed by atoms with Crippen molar-refractivity contribution >= 4 is 23.3 Å². The summed E-state index contributed by atoms with van der Waals surface area (Å²) in [7, 11) is 0. The first kappa shape index (κ1) is 37.2. The minimum atomic E-state index is -1.33. The summed E-state index contributed by atoms with van der Waals surface area (Å²) in [5, 5.41) is 0. The maximum absolute atomic E-state index is 6.73. The van der Waals surface area contributed by atoms with E-state index < -0.39 is 23.2 Å². The third-order valence-corrected chi connectivity index (χ3v) is 14.7. The van der Waals surface area contributed by atoms with Crippen LogP contribution in [-0.4, -0.2) is 0 Å². The van der Waals surface area contributed by atoms with Gasteiger partial charge >= 0.3 is 304 Å². The second-order valence-electron chi connectivity index (χ2n) is 15.4. The Morgan fingerprint density at radius 2 is 0.804 bits per heavy atom. The Labute approximate surface area is 326 Å². The van der Waals surface area contributed by atoms with Gasteiger partial charge in [-0.25, -0.2) is 0 Å². The Morgan fingerprint density at radius 1 is 0.431 bits per heavy atom. The van der Waals surface area contributed by atoms with E-state index in [0.717, 1.165) is 34.2 Å². The summed E-state index contributed by atoms with van der Waals surface area (Å²) in [6.07, 6.45) is 4.92. The fourth-order valence-electron chi connectivity index (χ4n) is 7.57. The summed E-state index contributed by atoms with van der Waals surface area (Å²) >= 11 is -1.33. The smallest absolute Gasteiger partial charge is 1.00 e. The maximum Gasteiger partial charge on any atom is -1.00 e. The Morgan fingerprint density at radius 3 is 1.18 bits per heavy atom. The summed E-state index contributed by atoms with van der Waals surface area (Å²) in [5.74, 6) is 3.80. The van der Waals surface area contributed by atoms with Gasteiger partial charge in [0.05, 0.1) is 0 Å². The van der Waals surface area contributed by atoms with Gasteiger partial charge in [0.2, 0.25) is 0 Å². The molecule has 2 unspecified atom stereocenters. The molecule has 0 saturated carbocycles. The zero-order chi connectivity index (χ0) is 33.9. The molecule has 0 aliphatic heterocycles. The van der Waals surface area contributed by atoms with Crippen LogP contribution >= 0.6 is 0 Å². The van der Waals surface area contributed by atoms with Gasteiger partial charge in [-0.2, -0.15) is 0 Å². The van der Waals surface area contributed by atoms with E-state index in [1.807, 2.05) is 0 Å². The molecule has 2 atom stereocenters. The molecular formula is C46H42Cl2O2Zr. The summed E-state index contributed by atoms with van der Waals surface area (Å²) in [6, 6.07) is 43.5.